The van der Waals surface area contributed by atoms with Crippen LogP contribution < -0.4 is 0 Å². The monoisotopic (exact) mass is 212 g/mol. The van der Waals surface area contributed by atoms with Crippen LogP contribution in [-0.4, -0.2) is 17.5 Å². The lowest BCUT2D eigenvalue weighted by atomic mass is 10.2. The van der Waals surface area contributed by atoms with Gasteiger partial charge in [-0.05, 0) is 26.2 Å². The number of ether oxygens (including phenoxy) is 1. The van der Waals surface area contributed by atoms with E-state index in [1.807, 2.05) is 19.1 Å². The maximum Gasteiger partial charge on any atom is 0.158 e. The van der Waals surface area contributed by atoms with Gasteiger partial charge in [0.05, 0.1) is 6.10 Å². The summed E-state index contributed by atoms with van der Waals surface area (Å²) in [5.74, 6) is 0. The molecule has 0 heterocycles. The van der Waals surface area contributed by atoms with Crippen LogP contribution in [0.2, 0.25) is 0 Å². The van der Waals surface area contributed by atoms with Crippen LogP contribution in [0.5, 0.6) is 0 Å². The zero-order chi connectivity index (χ0) is 11.5. The molecule has 0 saturated carbocycles. The molecule has 88 valence electrons. The van der Waals surface area contributed by atoms with Crippen LogP contribution in [0.25, 0.3) is 0 Å². The quantitative estimate of drug-likeness (QED) is 0.493. The van der Waals surface area contributed by atoms with Gasteiger partial charge in [-0.3, -0.25) is 0 Å². The smallest absolute Gasteiger partial charge is 0.158 e. The van der Waals surface area contributed by atoms with Crippen LogP contribution >= 0.6 is 0 Å². The van der Waals surface area contributed by atoms with Crippen LogP contribution in [0.15, 0.2) is 24.3 Å². The van der Waals surface area contributed by atoms with E-state index in [1.54, 1.807) is 0 Å². The van der Waals surface area contributed by atoms with Gasteiger partial charge in [0.15, 0.2) is 6.29 Å². The third kappa shape index (κ3) is 9.70. The topological polar surface area (TPSA) is 29.5 Å². The largest absolute Gasteiger partial charge is 0.368 e. The highest BCUT2D eigenvalue weighted by molar-refractivity contribution is 4.83. The molecule has 0 aliphatic rings. The number of aliphatic hydroxyl groups excluding tert-OH is 1. The molecule has 2 atom stereocenters. The summed E-state index contributed by atoms with van der Waals surface area (Å²) in [6, 6.07) is 0. The number of hydrogen-bond acceptors (Lipinski definition) is 2. The van der Waals surface area contributed by atoms with Gasteiger partial charge in [-0.2, -0.15) is 0 Å². The molecule has 0 spiro atoms. The zero-order valence-corrected chi connectivity index (χ0v) is 10.1. The second kappa shape index (κ2) is 9.94. The summed E-state index contributed by atoms with van der Waals surface area (Å²) in [5, 5.41) is 9.51. The highest BCUT2D eigenvalue weighted by Crippen LogP contribution is 2.05. The summed E-state index contributed by atoms with van der Waals surface area (Å²) in [5.41, 5.74) is 0. The number of rotatable bonds is 8. The van der Waals surface area contributed by atoms with Gasteiger partial charge in [0.1, 0.15) is 0 Å². The number of allylic oxidation sites excluding steroid dienone is 2. The molecule has 0 aliphatic heterocycles. The fourth-order valence-electron chi connectivity index (χ4n) is 1.21. The molecule has 0 bridgehead atoms. The van der Waals surface area contributed by atoms with Crippen molar-refractivity contribution in [1.29, 1.82) is 0 Å². The van der Waals surface area contributed by atoms with Crippen LogP contribution in [-0.2, 0) is 4.74 Å². The van der Waals surface area contributed by atoms with Crippen molar-refractivity contribution in [2.45, 2.75) is 58.8 Å². The Morgan fingerprint density at radius 2 is 1.53 bits per heavy atom. The van der Waals surface area contributed by atoms with Gasteiger partial charge in [0, 0.05) is 6.42 Å². The summed E-state index contributed by atoms with van der Waals surface area (Å²) in [7, 11) is 0. The first kappa shape index (κ1) is 14.4. The Hall–Kier alpha value is -0.600. The SMILES string of the molecule is CC/C=C\CC(C)OC(O)C/C=C\CC. The maximum absolute atomic E-state index is 9.51. The van der Waals surface area contributed by atoms with Crippen molar-refractivity contribution < 1.29 is 9.84 Å². The molecule has 2 unspecified atom stereocenters. The normalized spacial score (nSPS) is 16.3. The number of aliphatic hydroxyl groups is 1. The molecule has 2 nitrogen and oxygen atoms in total. The van der Waals surface area contributed by atoms with Crippen molar-refractivity contribution in [2.75, 3.05) is 0 Å². The minimum absolute atomic E-state index is 0.0813. The third-order valence-corrected chi connectivity index (χ3v) is 2.00. The van der Waals surface area contributed by atoms with E-state index in [9.17, 15) is 5.11 Å². The molecular formula is C13H24O2. The first-order valence-corrected chi connectivity index (χ1v) is 5.84. The standard InChI is InChI=1S/C13H24O2/c1-4-6-8-10-12(3)15-13(14)11-9-7-5-2/h6-9,12-14H,4-5,10-11H2,1-3H3/b8-6-,9-7-. The fourth-order valence-corrected chi connectivity index (χ4v) is 1.21. The van der Waals surface area contributed by atoms with Crippen LogP contribution in [0.3, 0.4) is 0 Å². The second-order valence-corrected chi connectivity index (χ2v) is 3.63. The van der Waals surface area contributed by atoms with Crippen LogP contribution in [0, 0.1) is 0 Å². The molecule has 2 heteroatoms. The van der Waals surface area contributed by atoms with Crippen LogP contribution in [0.1, 0.15) is 46.5 Å². The van der Waals surface area contributed by atoms with Crippen molar-refractivity contribution in [1.82, 2.24) is 0 Å². The first-order valence-electron chi connectivity index (χ1n) is 5.84. The van der Waals surface area contributed by atoms with E-state index in [0.29, 0.717) is 6.42 Å². The summed E-state index contributed by atoms with van der Waals surface area (Å²) < 4.78 is 5.40. The van der Waals surface area contributed by atoms with Gasteiger partial charge < -0.3 is 9.84 Å². The molecule has 15 heavy (non-hydrogen) atoms. The van der Waals surface area contributed by atoms with E-state index in [1.165, 1.54) is 0 Å². The van der Waals surface area contributed by atoms with E-state index >= 15 is 0 Å². The molecule has 0 fully saturated rings. The van der Waals surface area contributed by atoms with Gasteiger partial charge in [-0.25, -0.2) is 0 Å². The Labute approximate surface area is 93.6 Å². The molecule has 0 aliphatic carbocycles. The Morgan fingerprint density at radius 3 is 2.07 bits per heavy atom. The minimum Gasteiger partial charge on any atom is -0.368 e. The Morgan fingerprint density at radius 1 is 1.00 bits per heavy atom. The van der Waals surface area contributed by atoms with E-state index in [0.717, 1.165) is 19.3 Å². The van der Waals surface area contributed by atoms with Gasteiger partial charge in [-0.15, -0.1) is 0 Å². The Balaban J connectivity index is 3.61. The fraction of sp³-hybridized carbons (Fsp3) is 0.692. The maximum atomic E-state index is 9.51. The van der Waals surface area contributed by atoms with Crippen molar-refractivity contribution in [3.8, 4) is 0 Å². The van der Waals surface area contributed by atoms with Crippen molar-refractivity contribution in [3.05, 3.63) is 24.3 Å². The predicted octanol–water partition coefficient (Wildman–Crippen LogP) is 3.42. The molecule has 0 aromatic heterocycles. The lowest BCUT2D eigenvalue weighted by molar-refractivity contribution is -0.126. The van der Waals surface area contributed by atoms with Crippen molar-refractivity contribution >= 4 is 0 Å². The van der Waals surface area contributed by atoms with Crippen molar-refractivity contribution in [2.24, 2.45) is 0 Å². The molecule has 0 aromatic carbocycles. The molecular weight excluding hydrogens is 188 g/mol. The van der Waals surface area contributed by atoms with Crippen LogP contribution in [0.4, 0.5) is 0 Å². The van der Waals surface area contributed by atoms with E-state index in [2.05, 4.69) is 26.0 Å². The van der Waals surface area contributed by atoms with Gasteiger partial charge in [0.2, 0.25) is 0 Å². The average molecular weight is 212 g/mol. The lowest BCUT2D eigenvalue weighted by Gasteiger charge is -2.15. The minimum atomic E-state index is -0.669. The first-order chi connectivity index (χ1) is 7.20. The summed E-state index contributed by atoms with van der Waals surface area (Å²) in [4.78, 5) is 0. The third-order valence-electron chi connectivity index (χ3n) is 2.00. The molecule has 0 rings (SSSR count). The molecule has 0 radical (unpaired) electrons. The Kier molecular flexibility index (Phi) is 9.54. The summed E-state index contributed by atoms with van der Waals surface area (Å²) in [6.07, 6.45) is 11.1. The van der Waals surface area contributed by atoms with E-state index in [-0.39, 0.29) is 6.10 Å². The van der Waals surface area contributed by atoms with Crippen molar-refractivity contribution in [3.63, 3.8) is 0 Å². The predicted molar refractivity (Wildman–Crippen MR) is 64.6 cm³/mol. The summed E-state index contributed by atoms with van der Waals surface area (Å²) >= 11 is 0. The lowest BCUT2D eigenvalue weighted by Crippen LogP contribution is -2.18. The molecule has 1 N–H and O–H groups in total. The van der Waals surface area contributed by atoms with E-state index in [4.69, 9.17) is 4.74 Å². The number of hydrogen-bond donors (Lipinski definition) is 1. The molecule has 0 amide bonds. The van der Waals surface area contributed by atoms with Gasteiger partial charge >= 0.3 is 0 Å². The highest BCUT2D eigenvalue weighted by Gasteiger charge is 2.06. The molecule has 0 aromatic rings. The van der Waals surface area contributed by atoms with Gasteiger partial charge in [-0.1, -0.05) is 38.2 Å². The highest BCUT2D eigenvalue weighted by atomic mass is 16.6. The van der Waals surface area contributed by atoms with Gasteiger partial charge in [0.25, 0.3) is 0 Å². The van der Waals surface area contributed by atoms with E-state index < -0.39 is 6.29 Å². The Bertz CT molecular complexity index is 165. The molecule has 0 saturated heterocycles. The zero-order valence-electron chi connectivity index (χ0n) is 10.1. The average Bonchev–Trinajstić information content (AvgIpc) is 2.18. The second-order valence-electron chi connectivity index (χ2n) is 3.63. The summed E-state index contributed by atoms with van der Waals surface area (Å²) in [6.45, 7) is 6.15.